The van der Waals surface area contributed by atoms with Crippen LogP contribution >= 0.6 is 0 Å². The second kappa shape index (κ2) is 7.23. The third-order valence-electron chi connectivity index (χ3n) is 4.24. The zero-order valence-electron chi connectivity index (χ0n) is 13.7. The first-order valence-electron chi connectivity index (χ1n) is 7.97. The average Bonchev–Trinajstić information content (AvgIpc) is 2.86. The van der Waals surface area contributed by atoms with Gasteiger partial charge in [0.25, 0.3) is 0 Å². The van der Waals surface area contributed by atoms with Crippen molar-refractivity contribution in [3.63, 3.8) is 0 Å². The molecule has 118 valence electrons. The van der Waals surface area contributed by atoms with Crippen molar-refractivity contribution in [1.82, 2.24) is 10.2 Å². The summed E-state index contributed by atoms with van der Waals surface area (Å²) in [5, 5.41) is 3.33. The lowest BCUT2D eigenvalue weighted by molar-refractivity contribution is 0.371. The predicted octanol–water partition coefficient (Wildman–Crippen LogP) is 3.03. The van der Waals surface area contributed by atoms with Gasteiger partial charge in [0.15, 0.2) is 0 Å². The molecule has 21 heavy (non-hydrogen) atoms. The SMILES string of the molecule is CCNC(C)c1ccc(N2CCCC2CN(C)C)c(F)c1. The molecule has 1 N–H and O–H groups in total. The molecule has 0 aromatic heterocycles. The number of nitrogens with one attached hydrogen (secondary N) is 1. The second-order valence-corrected chi connectivity index (χ2v) is 6.24. The van der Waals surface area contributed by atoms with E-state index in [9.17, 15) is 4.39 Å². The molecule has 2 unspecified atom stereocenters. The van der Waals surface area contributed by atoms with Gasteiger partial charge < -0.3 is 15.1 Å². The number of rotatable bonds is 6. The minimum Gasteiger partial charge on any atom is -0.365 e. The summed E-state index contributed by atoms with van der Waals surface area (Å²) >= 11 is 0. The monoisotopic (exact) mass is 293 g/mol. The van der Waals surface area contributed by atoms with Crippen molar-refractivity contribution >= 4 is 5.69 Å². The summed E-state index contributed by atoms with van der Waals surface area (Å²) in [5.74, 6) is -0.0945. The van der Waals surface area contributed by atoms with E-state index in [-0.39, 0.29) is 11.9 Å². The molecule has 0 amide bonds. The van der Waals surface area contributed by atoms with E-state index < -0.39 is 0 Å². The van der Waals surface area contributed by atoms with E-state index in [0.717, 1.165) is 43.7 Å². The highest BCUT2D eigenvalue weighted by Gasteiger charge is 2.27. The average molecular weight is 293 g/mol. The van der Waals surface area contributed by atoms with Crippen molar-refractivity contribution in [2.24, 2.45) is 0 Å². The van der Waals surface area contributed by atoms with Crippen LogP contribution in [0.1, 0.15) is 38.3 Å². The third kappa shape index (κ3) is 3.95. The van der Waals surface area contributed by atoms with E-state index in [1.807, 2.05) is 6.07 Å². The molecule has 1 aliphatic rings. The van der Waals surface area contributed by atoms with Crippen molar-refractivity contribution in [3.8, 4) is 0 Å². The molecule has 0 aliphatic carbocycles. The van der Waals surface area contributed by atoms with Crippen molar-refractivity contribution in [1.29, 1.82) is 0 Å². The number of halogens is 1. The Morgan fingerprint density at radius 2 is 2.19 bits per heavy atom. The van der Waals surface area contributed by atoms with Gasteiger partial charge in [-0.2, -0.15) is 0 Å². The molecule has 2 rings (SSSR count). The van der Waals surface area contributed by atoms with Gasteiger partial charge in [0, 0.05) is 25.2 Å². The molecule has 1 aliphatic heterocycles. The molecular weight excluding hydrogens is 265 g/mol. The Balaban J connectivity index is 2.16. The Kier molecular flexibility index (Phi) is 5.59. The van der Waals surface area contributed by atoms with Crippen LogP contribution in [0.25, 0.3) is 0 Å². The van der Waals surface area contributed by atoms with Gasteiger partial charge in [-0.25, -0.2) is 4.39 Å². The number of benzene rings is 1. The number of likely N-dealkylation sites (N-methyl/N-ethyl adjacent to an activating group) is 1. The van der Waals surface area contributed by atoms with Crippen LogP contribution in [0.4, 0.5) is 10.1 Å². The Morgan fingerprint density at radius 3 is 2.81 bits per heavy atom. The molecule has 0 bridgehead atoms. The maximum atomic E-state index is 14.5. The van der Waals surface area contributed by atoms with E-state index >= 15 is 0 Å². The lowest BCUT2D eigenvalue weighted by atomic mass is 10.1. The molecule has 1 aromatic rings. The number of nitrogens with zero attached hydrogens (tertiary/aromatic N) is 2. The fraction of sp³-hybridized carbons (Fsp3) is 0.647. The van der Waals surface area contributed by atoms with Gasteiger partial charge >= 0.3 is 0 Å². The molecule has 1 heterocycles. The van der Waals surface area contributed by atoms with Crippen molar-refractivity contribution in [3.05, 3.63) is 29.6 Å². The van der Waals surface area contributed by atoms with Gasteiger partial charge in [-0.3, -0.25) is 0 Å². The van der Waals surface area contributed by atoms with E-state index in [4.69, 9.17) is 0 Å². The molecule has 3 nitrogen and oxygen atoms in total. The zero-order valence-corrected chi connectivity index (χ0v) is 13.7. The second-order valence-electron chi connectivity index (χ2n) is 6.24. The number of hydrogen-bond acceptors (Lipinski definition) is 3. The first-order chi connectivity index (χ1) is 10.0. The van der Waals surface area contributed by atoms with E-state index in [1.165, 1.54) is 0 Å². The highest BCUT2D eigenvalue weighted by molar-refractivity contribution is 5.51. The highest BCUT2D eigenvalue weighted by Crippen LogP contribution is 2.30. The Morgan fingerprint density at radius 1 is 1.43 bits per heavy atom. The van der Waals surface area contributed by atoms with E-state index in [1.54, 1.807) is 6.07 Å². The summed E-state index contributed by atoms with van der Waals surface area (Å²) in [6.07, 6.45) is 2.29. The summed E-state index contributed by atoms with van der Waals surface area (Å²) in [6, 6.07) is 6.30. The van der Waals surface area contributed by atoms with Crippen molar-refractivity contribution < 1.29 is 4.39 Å². The number of anilines is 1. The van der Waals surface area contributed by atoms with Crippen LogP contribution in [0.5, 0.6) is 0 Å². The molecule has 1 aromatic carbocycles. The molecule has 0 saturated carbocycles. The summed E-state index contributed by atoms with van der Waals surface area (Å²) in [4.78, 5) is 4.42. The summed E-state index contributed by atoms with van der Waals surface area (Å²) in [5.41, 5.74) is 1.77. The summed E-state index contributed by atoms with van der Waals surface area (Å²) in [6.45, 7) is 6.97. The maximum Gasteiger partial charge on any atom is 0.146 e. The van der Waals surface area contributed by atoms with Gasteiger partial charge in [0.2, 0.25) is 0 Å². The molecule has 2 atom stereocenters. The molecule has 0 spiro atoms. The van der Waals surface area contributed by atoms with E-state index in [0.29, 0.717) is 6.04 Å². The maximum absolute atomic E-state index is 14.5. The molecule has 1 saturated heterocycles. The molecular formula is C17H28FN3. The molecule has 4 heteroatoms. The molecule has 0 radical (unpaired) electrons. The van der Waals surface area contributed by atoms with Crippen LogP contribution in [-0.2, 0) is 0 Å². The van der Waals surface area contributed by atoms with Crippen LogP contribution in [0.3, 0.4) is 0 Å². The fourth-order valence-corrected chi connectivity index (χ4v) is 3.21. The van der Waals surface area contributed by atoms with Crippen LogP contribution in [0.15, 0.2) is 18.2 Å². The first kappa shape index (κ1) is 16.2. The molecule has 1 fully saturated rings. The van der Waals surface area contributed by atoms with Crippen LogP contribution in [0.2, 0.25) is 0 Å². The standard InChI is InChI=1S/C17H28FN3/c1-5-19-13(2)14-8-9-17(16(18)11-14)21-10-6-7-15(21)12-20(3)4/h8-9,11,13,15,19H,5-7,10,12H2,1-4H3. The van der Waals surface area contributed by atoms with Gasteiger partial charge in [-0.1, -0.05) is 13.0 Å². The smallest absolute Gasteiger partial charge is 0.146 e. The lowest BCUT2D eigenvalue weighted by Gasteiger charge is -2.29. The first-order valence-corrected chi connectivity index (χ1v) is 7.97. The van der Waals surface area contributed by atoms with Crippen molar-refractivity contribution in [2.45, 2.75) is 38.8 Å². The Hall–Kier alpha value is -1.13. The quantitative estimate of drug-likeness (QED) is 0.870. The lowest BCUT2D eigenvalue weighted by Crippen LogP contribution is -2.38. The summed E-state index contributed by atoms with van der Waals surface area (Å²) < 4.78 is 14.5. The van der Waals surface area contributed by atoms with Crippen LogP contribution < -0.4 is 10.2 Å². The highest BCUT2D eigenvalue weighted by atomic mass is 19.1. The predicted molar refractivity (Wildman–Crippen MR) is 87.4 cm³/mol. The van der Waals surface area contributed by atoms with Gasteiger partial charge in [0.1, 0.15) is 5.82 Å². The van der Waals surface area contributed by atoms with Gasteiger partial charge in [-0.05, 0) is 58.1 Å². The zero-order chi connectivity index (χ0) is 15.4. The van der Waals surface area contributed by atoms with Crippen molar-refractivity contribution in [2.75, 3.05) is 38.6 Å². The largest absolute Gasteiger partial charge is 0.365 e. The number of hydrogen-bond donors (Lipinski definition) is 1. The third-order valence-corrected chi connectivity index (χ3v) is 4.24. The fourth-order valence-electron chi connectivity index (χ4n) is 3.21. The van der Waals surface area contributed by atoms with Crippen LogP contribution in [0, 0.1) is 5.82 Å². The van der Waals surface area contributed by atoms with Gasteiger partial charge in [-0.15, -0.1) is 0 Å². The minimum absolute atomic E-state index is 0.0945. The normalized spacial score (nSPS) is 20.3. The van der Waals surface area contributed by atoms with E-state index in [2.05, 4.69) is 49.1 Å². The Bertz CT molecular complexity index is 461. The topological polar surface area (TPSA) is 18.5 Å². The van der Waals surface area contributed by atoms with Crippen LogP contribution in [-0.4, -0.2) is 44.7 Å². The Labute approximate surface area is 128 Å². The summed E-state index contributed by atoms with van der Waals surface area (Å²) in [7, 11) is 4.15. The minimum atomic E-state index is -0.0945. The van der Waals surface area contributed by atoms with Gasteiger partial charge in [0.05, 0.1) is 5.69 Å².